The third-order valence-electron chi connectivity index (χ3n) is 3.49. The van der Waals surface area contributed by atoms with Gasteiger partial charge in [-0.15, -0.1) is 13.2 Å². The van der Waals surface area contributed by atoms with Crippen LogP contribution in [0.2, 0.25) is 0 Å². The minimum absolute atomic E-state index is 0.499. The van der Waals surface area contributed by atoms with Crippen molar-refractivity contribution in [1.82, 2.24) is 0 Å². The predicted octanol–water partition coefficient (Wildman–Crippen LogP) is 5.42. The van der Waals surface area contributed by atoms with Gasteiger partial charge in [-0.3, -0.25) is 0 Å². The second kappa shape index (κ2) is 11.7. The molecule has 2 unspecified atom stereocenters. The molecule has 0 saturated heterocycles. The Balaban J connectivity index is 0. The van der Waals surface area contributed by atoms with Crippen LogP contribution in [0, 0.1) is 5.92 Å². The van der Waals surface area contributed by atoms with Crippen LogP contribution in [0.25, 0.3) is 0 Å². The number of hydrogen-bond acceptors (Lipinski definition) is 2. The topological polar surface area (TPSA) is 40.5 Å². The first-order valence-electron chi connectivity index (χ1n) is 8.28. The molecule has 2 heteroatoms. The molecule has 0 radical (unpaired) electrons. The Kier molecular flexibility index (Phi) is 12.4. The molecule has 0 aliphatic rings. The monoisotopic (exact) mass is 310 g/mol. The first-order valence-corrected chi connectivity index (χ1v) is 8.28. The zero-order chi connectivity index (χ0) is 17.8. The van der Waals surface area contributed by atoms with E-state index in [9.17, 15) is 10.2 Å². The summed E-state index contributed by atoms with van der Waals surface area (Å²) in [4.78, 5) is 0. The van der Waals surface area contributed by atoms with Gasteiger partial charge in [-0.25, -0.2) is 0 Å². The van der Waals surface area contributed by atoms with E-state index in [4.69, 9.17) is 0 Å². The molecule has 0 aromatic carbocycles. The molecule has 2 atom stereocenters. The summed E-state index contributed by atoms with van der Waals surface area (Å²) in [5.41, 5.74) is 0.0946. The van der Waals surface area contributed by atoms with E-state index in [0.717, 1.165) is 32.1 Å². The van der Waals surface area contributed by atoms with Gasteiger partial charge in [0.2, 0.25) is 0 Å². The fourth-order valence-electron chi connectivity index (χ4n) is 1.73. The molecule has 0 saturated carbocycles. The molecule has 0 aliphatic heterocycles. The minimum Gasteiger partial charge on any atom is -0.390 e. The SMILES string of the molecule is C=CC(C)(O)CCC=C(C)C.C=CC(C)CCCC(C)(C)O. The molecule has 0 aromatic rings. The highest BCUT2D eigenvalue weighted by Crippen LogP contribution is 2.16. The van der Waals surface area contributed by atoms with Crippen molar-refractivity contribution in [2.45, 2.75) is 84.8 Å². The summed E-state index contributed by atoms with van der Waals surface area (Å²) in [5, 5.41) is 18.9. The van der Waals surface area contributed by atoms with Gasteiger partial charge in [0.25, 0.3) is 0 Å². The predicted molar refractivity (Wildman–Crippen MR) is 99.0 cm³/mol. The maximum atomic E-state index is 9.49. The molecular formula is C20H38O2. The summed E-state index contributed by atoms with van der Waals surface area (Å²) in [5.74, 6) is 0.581. The molecule has 2 N–H and O–H groups in total. The van der Waals surface area contributed by atoms with E-state index < -0.39 is 11.2 Å². The van der Waals surface area contributed by atoms with Crippen molar-refractivity contribution in [3.05, 3.63) is 37.0 Å². The normalized spacial score (nSPS) is 14.9. The van der Waals surface area contributed by atoms with Crippen molar-refractivity contribution >= 4 is 0 Å². The van der Waals surface area contributed by atoms with Gasteiger partial charge in [0.05, 0.1) is 11.2 Å². The average Bonchev–Trinajstić information content (AvgIpc) is 2.37. The lowest BCUT2D eigenvalue weighted by Crippen LogP contribution is -2.19. The number of rotatable bonds is 9. The summed E-state index contributed by atoms with van der Waals surface area (Å²) < 4.78 is 0. The highest BCUT2D eigenvalue weighted by atomic mass is 16.3. The van der Waals surface area contributed by atoms with Crippen LogP contribution >= 0.6 is 0 Å². The van der Waals surface area contributed by atoms with Gasteiger partial charge in [-0.05, 0) is 66.2 Å². The van der Waals surface area contributed by atoms with E-state index in [1.165, 1.54) is 5.57 Å². The first-order chi connectivity index (χ1) is 9.93. The Morgan fingerprint density at radius 2 is 1.64 bits per heavy atom. The fraction of sp³-hybridized carbons (Fsp3) is 0.700. The number of hydrogen-bond donors (Lipinski definition) is 2. The van der Waals surface area contributed by atoms with Crippen LogP contribution in [0.1, 0.15) is 73.6 Å². The Morgan fingerprint density at radius 3 is 2.00 bits per heavy atom. The second-order valence-electron chi connectivity index (χ2n) is 7.30. The highest BCUT2D eigenvalue weighted by Gasteiger charge is 2.13. The van der Waals surface area contributed by atoms with Crippen molar-refractivity contribution in [3.8, 4) is 0 Å². The van der Waals surface area contributed by atoms with E-state index >= 15 is 0 Å². The molecule has 0 aliphatic carbocycles. The molecule has 0 aromatic heterocycles. The highest BCUT2D eigenvalue weighted by molar-refractivity contribution is 4.97. The summed E-state index contributed by atoms with van der Waals surface area (Å²) >= 11 is 0. The van der Waals surface area contributed by atoms with Gasteiger partial charge >= 0.3 is 0 Å². The largest absolute Gasteiger partial charge is 0.390 e. The van der Waals surface area contributed by atoms with E-state index in [0.29, 0.717) is 5.92 Å². The Bertz CT molecular complexity index is 328. The second-order valence-corrected chi connectivity index (χ2v) is 7.30. The van der Waals surface area contributed by atoms with E-state index in [-0.39, 0.29) is 0 Å². The number of allylic oxidation sites excluding steroid dienone is 3. The molecule has 0 amide bonds. The molecule has 0 fully saturated rings. The molecule has 0 bridgehead atoms. The molecule has 22 heavy (non-hydrogen) atoms. The standard InChI is InChI=1S/C10H20O.C10H18O/c1-5-9(2)7-6-8-10(3,4)11;1-5-10(4,11)8-6-7-9(2)3/h5,9,11H,1,6-8H2,2-4H3;5,7,11H,1,6,8H2,2-4H3. The van der Waals surface area contributed by atoms with Crippen molar-refractivity contribution in [2.24, 2.45) is 5.92 Å². The molecule has 0 spiro atoms. The van der Waals surface area contributed by atoms with Crippen LogP contribution in [0.5, 0.6) is 0 Å². The van der Waals surface area contributed by atoms with Crippen molar-refractivity contribution in [3.63, 3.8) is 0 Å². The van der Waals surface area contributed by atoms with Crippen molar-refractivity contribution in [1.29, 1.82) is 0 Å². The Labute approximate surface area is 138 Å². The summed E-state index contributed by atoms with van der Waals surface area (Å²) in [6.45, 7) is 19.0. The van der Waals surface area contributed by atoms with Crippen LogP contribution in [-0.4, -0.2) is 21.4 Å². The van der Waals surface area contributed by atoms with E-state index in [1.807, 2.05) is 19.9 Å². The van der Waals surface area contributed by atoms with Gasteiger partial charge in [0, 0.05) is 0 Å². The van der Waals surface area contributed by atoms with Gasteiger partial charge < -0.3 is 10.2 Å². The fourth-order valence-corrected chi connectivity index (χ4v) is 1.73. The van der Waals surface area contributed by atoms with Crippen molar-refractivity contribution in [2.75, 3.05) is 0 Å². The molecule has 0 heterocycles. The van der Waals surface area contributed by atoms with Gasteiger partial charge in [-0.2, -0.15) is 0 Å². The summed E-state index contributed by atoms with van der Waals surface area (Å²) in [6, 6.07) is 0. The van der Waals surface area contributed by atoms with Crippen LogP contribution in [0.3, 0.4) is 0 Å². The molecule has 130 valence electrons. The molecule has 0 rings (SSSR count). The Hall–Kier alpha value is -0.860. The maximum absolute atomic E-state index is 9.49. The van der Waals surface area contributed by atoms with E-state index in [2.05, 4.69) is 40.0 Å². The smallest absolute Gasteiger partial charge is 0.0800 e. The lowest BCUT2D eigenvalue weighted by molar-refractivity contribution is 0.0675. The van der Waals surface area contributed by atoms with Crippen LogP contribution in [-0.2, 0) is 0 Å². The third kappa shape index (κ3) is 19.1. The lowest BCUT2D eigenvalue weighted by atomic mass is 9.97. The third-order valence-corrected chi connectivity index (χ3v) is 3.49. The minimum atomic E-state index is -0.702. The van der Waals surface area contributed by atoms with Crippen LogP contribution in [0.4, 0.5) is 0 Å². The average molecular weight is 311 g/mol. The van der Waals surface area contributed by atoms with Crippen LogP contribution in [0.15, 0.2) is 37.0 Å². The maximum Gasteiger partial charge on any atom is 0.0800 e. The summed E-state index contributed by atoms with van der Waals surface area (Å²) in [6.07, 6.45) is 10.4. The zero-order valence-electron chi connectivity index (χ0n) is 15.7. The summed E-state index contributed by atoms with van der Waals surface area (Å²) in [7, 11) is 0. The molecule has 2 nitrogen and oxygen atoms in total. The lowest BCUT2D eigenvalue weighted by Gasteiger charge is -2.17. The van der Waals surface area contributed by atoms with Gasteiger partial charge in [-0.1, -0.05) is 37.1 Å². The van der Waals surface area contributed by atoms with Crippen LogP contribution < -0.4 is 0 Å². The van der Waals surface area contributed by atoms with Crippen molar-refractivity contribution < 1.29 is 10.2 Å². The van der Waals surface area contributed by atoms with Gasteiger partial charge in [0.15, 0.2) is 0 Å². The van der Waals surface area contributed by atoms with Gasteiger partial charge in [0.1, 0.15) is 0 Å². The Morgan fingerprint density at radius 1 is 1.09 bits per heavy atom. The molecular weight excluding hydrogens is 272 g/mol. The number of aliphatic hydroxyl groups is 2. The zero-order valence-corrected chi connectivity index (χ0v) is 15.7. The quantitative estimate of drug-likeness (QED) is 0.558. The first kappa shape index (κ1) is 23.4. The van der Waals surface area contributed by atoms with E-state index in [1.54, 1.807) is 13.0 Å².